The summed E-state index contributed by atoms with van der Waals surface area (Å²) in [5.41, 5.74) is 4.02. The molecular formula is C16H17ClN2. The molecule has 0 N–H and O–H groups in total. The van der Waals surface area contributed by atoms with E-state index in [1.165, 1.54) is 23.2 Å². The third kappa shape index (κ3) is 2.59. The molecule has 1 aromatic heterocycles. The van der Waals surface area contributed by atoms with Crippen molar-refractivity contribution in [3.05, 3.63) is 58.9 Å². The average molecular weight is 273 g/mol. The van der Waals surface area contributed by atoms with Gasteiger partial charge in [-0.05, 0) is 41.7 Å². The summed E-state index contributed by atoms with van der Waals surface area (Å²) in [6.45, 7) is 4.30. The molecule has 0 saturated heterocycles. The van der Waals surface area contributed by atoms with Gasteiger partial charge in [-0.2, -0.15) is 0 Å². The van der Waals surface area contributed by atoms with Gasteiger partial charge in [0.25, 0.3) is 0 Å². The highest BCUT2D eigenvalue weighted by Gasteiger charge is 2.21. The molecule has 0 amide bonds. The van der Waals surface area contributed by atoms with E-state index in [4.69, 9.17) is 11.6 Å². The minimum Gasteiger partial charge on any atom is -0.367 e. The summed E-state index contributed by atoms with van der Waals surface area (Å²) >= 11 is 5.96. The zero-order valence-electron chi connectivity index (χ0n) is 11.0. The van der Waals surface area contributed by atoms with Gasteiger partial charge in [0, 0.05) is 25.0 Å². The van der Waals surface area contributed by atoms with Crippen LogP contribution in [-0.4, -0.2) is 11.5 Å². The first-order valence-corrected chi connectivity index (χ1v) is 7.06. The van der Waals surface area contributed by atoms with Gasteiger partial charge < -0.3 is 4.90 Å². The standard InChI is InChI=1S/C16H17ClN2/c1-12-7-9-19(15-5-3-2-4-14(12)15)11-13-6-8-18-16(17)10-13/h2-6,8,10,12H,7,9,11H2,1H3. The van der Waals surface area contributed by atoms with Crippen molar-refractivity contribution in [3.8, 4) is 0 Å². The molecule has 0 fully saturated rings. The summed E-state index contributed by atoms with van der Waals surface area (Å²) in [6.07, 6.45) is 2.98. The predicted molar refractivity (Wildman–Crippen MR) is 79.8 cm³/mol. The number of fused-ring (bicyclic) bond motifs is 1. The van der Waals surface area contributed by atoms with Crippen molar-refractivity contribution in [2.45, 2.75) is 25.8 Å². The summed E-state index contributed by atoms with van der Waals surface area (Å²) in [6, 6.07) is 12.7. The Balaban J connectivity index is 1.89. The number of hydrogen-bond donors (Lipinski definition) is 0. The highest BCUT2D eigenvalue weighted by molar-refractivity contribution is 6.29. The Hall–Kier alpha value is -1.54. The number of para-hydroxylation sites is 1. The second-order valence-electron chi connectivity index (χ2n) is 5.16. The van der Waals surface area contributed by atoms with Gasteiger partial charge in [0.15, 0.2) is 0 Å². The lowest BCUT2D eigenvalue weighted by atomic mass is 9.91. The third-order valence-electron chi connectivity index (χ3n) is 3.80. The van der Waals surface area contributed by atoms with Crippen LogP contribution in [0.1, 0.15) is 30.4 Å². The van der Waals surface area contributed by atoms with E-state index >= 15 is 0 Å². The molecule has 3 rings (SSSR count). The number of anilines is 1. The molecule has 1 aliphatic rings. The van der Waals surface area contributed by atoms with E-state index in [1.807, 2.05) is 12.1 Å². The van der Waals surface area contributed by atoms with E-state index in [1.54, 1.807) is 6.20 Å². The second-order valence-corrected chi connectivity index (χ2v) is 5.54. The van der Waals surface area contributed by atoms with Gasteiger partial charge in [0.2, 0.25) is 0 Å². The molecule has 0 bridgehead atoms. The lowest BCUT2D eigenvalue weighted by molar-refractivity contribution is 0.609. The number of hydrogen-bond acceptors (Lipinski definition) is 2. The molecule has 2 heterocycles. The zero-order valence-corrected chi connectivity index (χ0v) is 11.8. The van der Waals surface area contributed by atoms with Gasteiger partial charge in [0.05, 0.1) is 0 Å². The first-order valence-electron chi connectivity index (χ1n) is 6.68. The number of rotatable bonds is 2. The van der Waals surface area contributed by atoms with Crippen molar-refractivity contribution < 1.29 is 0 Å². The number of benzene rings is 1. The van der Waals surface area contributed by atoms with Crippen LogP contribution in [0.25, 0.3) is 0 Å². The van der Waals surface area contributed by atoms with Crippen molar-refractivity contribution in [1.82, 2.24) is 4.98 Å². The van der Waals surface area contributed by atoms with Gasteiger partial charge >= 0.3 is 0 Å². The molecule has 1 aromatic carbocycles. The fourth-order valence-corrected chi connectivity index (χ4v) is 2.94. The Kier molecular flexibility index (Phi) is 3.43. The minimum absolute atomic E-state index is 0.566. The van der Waals surface area contributed by atoms with Crippen LogP contribution in [0, 0.1) is 0 Å². The molecular weight excluding hydrogens is 256 g/mol. The number of aromatic nitrogens is 1. The Bertz CT molecular complexity index is 582. The van der Waals surface area contributed by atoms with Gasteiger partial charge in [-0.3, -0.25) is 0 Å². The highest BCUT2D eigenvalue weighted by Crippen LogP contribution is 2.35. The molecule has 1 unspecified atom stereocenters. The highest BCUT2D eigenvalue weighted by atomic mass is 35.5. The topological polar surface area (TPSA) is 16.1 Å². The van der Waals surface area contributed by atoms with E-state index in [0.29, 0.717) is 11.1 Å². The van der Waals surface area contributed by atoms with Crippen LogP contribution in [0.3, 0.4) is 0 Å². The Morgan fingerprint density at radius 3 is 3.00 bits per heavy atom. The number of nitrogens with zero attached hydrogens (tertiary/aromatic N) is 2. The van der Waals surface area contributed by atoms with Gasteiger partial charge in [-0.25, -0.2) is 4.98 Å². The maximum Gasteiger partial charge on any atom is 0.129 e. The molecule has 1 atom stereocenters. The summed E-state index contributed by atoms with van der Waals surface area (Å²) in [5.74, 6) is 0.647. The van der Waals surface area contributed by atoms with Crippen LogP contribution in [0.2, 0.25) is 5.15 Å². The molecule has 19 heavy (non-hydrogen) atoms. The first kappa shape index (κ1) is 12.5. The summed E-state index contributed by atoms with van der Waals surface area (Å²) in [5, 5.41) is 0.566. The van der Waals surface area contributed by atoms with Crippen LogP contribution >= 0.6 is 11.6 Å². The van der Waals surface area contributed by atoms with Crippen LogP contribution < -0.4 is 4.90 Å². The summed E-state index contributed by atoms with van der Waals surface area (Å²) in [7, 11) is 0. The molecule has 0 saturated carbocycles. The predicted octanol–water partition coefficient (Wildman–Crippen LogP) is 4.25. The van der Waals surface area contributed by atoms with E-state index in [0.717, 1.165) is 13.1 Å². The van der Waals surface area contributed by atoms with Crippen LogP contribution in [0.15, 0.2) is 42.6 Å². The first-order chi connectivity index (χ1) is 9.24. The molecule has 0 aliphatic carbocycles. The van der Waals surface area contributed by atoms with Gasteiger partial charge in [-0.1, -0.05) is 36.7 Å². The average Bonchev–Trinajstić information content (AvgIpc) is 2.42. The molecule has 2 aromatic rings. The maximum absolute atomic E-state index is 5.96. The van der Waals surface area contributed by atoms with Gasteiger partial charge in [0.1, 0.15) is 5.15 Å². The fourth-order valence-electron chi connectivity index (χ4n) is 2.74. The number of halogens is 1. The fraction of sp³-hybridized carbons (Fsp3) is 0.312. The molecule has 1 aliphatic heterocycles. The minimum atomic E-state index is 0.566. The van der Waals surface area contributed by atoms with Crippen molar-refractivity contribution in [1.29, 1.82) is 0 Å². The molecule has 3 heteroatoms. The Morgan fingerprint density at radius 2 is 2.16 bits per heavy atom. The maximum atomic E-state index is 5.96. The van der Waals surface area contributed by atoms with Crippen molar-refractivity contribution in [2.75, 3.05) is 11.4 Å². The molecule has 0 radical (unpaired) electrons. The van der Waals surface area contributed by atoms with Crippen molar-refractivity contribution in [3.63, 3.8) is 0 Å². The van der Waals surface area contributed by atoms with Crippen LogP contribution in [0.4, 0.5) is 5.69 Å². The summed E-state index contributed by atoms with van der Waals surface area (Å²) in [4.78, 5) is 6.47. The smallest absolute Gasteiger partial charge is 0.129 e. The van der Waals surface area contributed by atoms with Crippen LogP contribution in [0.5, 0.6) is 0 Å². The third-order valence-corrected chi connectivity index (χ3v) is 4.01. The van der Waals surface area contributed by atoms with E-state index in [-0.39, 0.29) is 0 Å². The number of pyridine rings is 1. The monoisotopic (exact) mass is 272 g/mol. The van der Waals surface area contributed by atoms with E-state index in [2.05, 4.69) is 41.1 Å². The molecule has 2 nitrogen and oxygen atoms in total. The van der Waals surface area contributed by atoms with E-state index < -0.39 is 0 Å². The quantitative estimate of drug-likeness (QED) is 0.760. The van der Waals surface area contributed by atoms with Crippen molar-refractivity contribution >= 4 is 17.3 Å². The SMILES string of the molecule is CC1CCN(Cc2ccnc(Cl)c2)c2ccccc21. The molecule has 0 spiro atoms. The normalized spacial score (nSPS) is 18.2. The lowest BCUT2D eigenvalue weighted by Gasteiger charge is -2.34. The van der Waals surface area contributed by atoms with Crippen LogP contribution in [-0.2, 0) is 6.54 Å². The van der Waals surface area contributed by atoms with E-state index in [9.17, 15) is 0 Å². The summed E-state index contributed by atoms with van der Waals surface area (Å²) < 4.78 is 0. The van der Waals surface area contributed by atoms with Gasteiger partial charge in [-0.15, -0.1) is 0 Å². The Morgan fingerprint density at radius 1 is 1.32 bits per heavy atom. The second kappa shape index (κ2) is 5.22. The molecule has 98 valence electrons. The van der Waals surface area contributed by atoms with Crippen molar-refractivity contribution in [2.24, 2.45) is 0 Å². The lowest BCUT2D eigenvalue weighted by Crippen LogP contribution is -2.30. The largest absolute Gasteiger partial charge is 0.367 e. The zero-order chi connectivity index (χ0) is 13.2. The Labute approximate surface area is 119 Å².